The lowest BCUT2D eigenvalue weighted by molar-refractivity contribution is 0.148. The molecule has 1 atom stereocenters. The van der Waals surface area contributed by atoms with E-state index in [4.69, 9.17) is 4.74 Å². The van der Waals surface area contributed by atoms with Gasteiger partial charge in [0.2, 0.25) is 0 Å². The molecule has 0 bridgehead atoms. The fraction of sp³-hybridized carbons (Fsp3) is 0.444. The second-order valence-corrected chi connectivity index (χ2v) is 5.94. The molecule has 0 aliphatic rings. The molecule has 1 N–H and O–H groups in total. The summed E-state index contributed by atoms with van der Waals surface area (Å²) in [4.78, 5) is 0. The highest BCUT2D eigenvalue weighted by atomic mass is 16.5. The van der Waals surface area contributed by atoms with Crippen LogP contribution in [0.25, 0.3) is 10.8 Å². The van der Waals surface area contributed by atoms with E-state index in [0.29, 0.717) is 12.0 Å². The Labute approximate surface area is 122 Å². The lowest BCUT2D eigenvalue weighted by Crippen LogP contribution is -2.38. The molecule has 0 heterocycles. The van der Waals surface area contributed by atoms with Crippen LogP contribution >= 0.6 is 0 Å². The number of fused-ring (bicyclic) bond motifs is 1. The molecule has 0 amide bonds. The van der Waals surface area contributed by atoms with Gasteiger partial charge in [-0.05, 0) is 17.4 Å². The Morgan fingerprint density at radius 3 is 2.35 bits per heavy atom. The summed E-state index contributed by atoms with van der Waals surface area (Å²) in [5.41, 5.74) is 0. The van der Waals surface area contributed by atoms with Crippen molar-refractivity contribution in [1.82, 2.24) is 5.32 Å². The van der Waals surface area contributed by atoms with Gasteiger partial charge in [0.25, 0.3) is 0 Å². The van der Waals surface area contributed by atoms with Crippen LogP contribution in [0.3, 0.4) is 0 Å². The second kappa shape index (κ2) is 6.76. The molecular weight excluding hydrogens is 246 g/mol. The van der Waals surface area contributed by atoms with Gasteiger partial charge in [0, 0.05) is 18.0 Å². The van der Waals surface area contributed by atoms with Crippen LogP contribution in [-0.4, -0.2) is 18.7 Å². The van der Waals surface area contributed by atoms with Gasteiger partial charge in [-0.15, -0.1) is 0 Å². The highest BCUT2D eigenvalue weighted by molar-refractivity contribution is 5.88. The van der Waals surface area contributed by atoms with Crippen molar-refractivity contribution < 1.29 is 4.74 Å². The van der Waals surface area contributed by atoms with Crippen LogP contribution in [0.15, 0.2) is 42.5 Å². The maximum atomic E-state index is 6.28. The minimum atomic E-state index is 0.184. The van der Waals surface area contributed by atoms with Crippen LogP contribution in [0.2, 0.25) is 0 Å². The van der Waals surface area contributed by atoms with Gasteiger partial charge >= 0.3 is 0 Å². The van der Waals surface area contributed by atoms with Gasteiger partial charge in [-0.25, -0.2) is 0 Å². The molecule has 0 radical (unpaired) electrons. The highest BCUT2D eigenvalue weighted by Crippen LogP contribution is 2.27. The third-order valence-corrected chi connectivity index (χ3v) is 3.50. The van der Waals surface area contributed by atoms with Crippen molar-refractivity contribution in [3.8, 4) is 5.75 Å². The zero-order valence-corrected chi connectivity index (χ0v) is 12.9. The predicted molar refractivity (Wildman–Crippen MR) is 86.3 cm³/mol. The number of hydrogen-bond acceptors (Lipinski definition) is 2. The third kappa shape index (κ3) is 3.73. The first-order valence-corrected chi connectivity index (χ1v) is 7.45. The summed E-state index contributed by atoms with van der Waals surface area (Å²) in [6.45, 7) is 9.61. The molecule has 2 rings (SSSR count). The number of hydrogen-bond donors (Lipinski definition) is 1. The Morgan fingerprint density at radius 1 is 0.950 bits per heavy atom. The fourth-order valence-corrected chi connectivity index (χ4v) is 2.23. The first-order valence-electron chi connectivity index (χ1n) is 7.45. The van der Waals surface area contributed by atoms with E-state index in [9.17, 15) is 0 Å². The van der Waals surface area contributed by atoms with Gasteiger partial charge in [-0.2, -0.15) is 0 Å². The zero-order valence-electron chi connectivity index (χ0n) is 12.9. The van der Waals surface area contributed by atoms with E-state index in [0.717, 1.165) is 12.3 Å². The van der Waals surface area contributed by atoms with E-state index in [1.54, 1.807) is 0 Å². The maximum Gasteiger partial charge on any atom is 0.127 e. The minimum Gasteiger partial charge on any atom is -0.488 e. The van der Waals surface area contributed by atoms with Gasteiger partial charge in [0.15, 0.2) is 0 Å². The van der Waals surface area contributed by atoms with Crippen LogP contribution in [0, 0.1) is 5.92 Å². The molecule has 1 unspecified atom stereocenters. The van der Waals surface area contributed by atoms with Gasteiger partial charge in [0.1, 0.15) is 11.9 Å². The smallest absolute Gasteiger partial charge is 0.127 e. The lowest BCUT2D eigenvalue weighted by atomic mass is 10.1. The molecule has 0 aliphatic heterocycles. The molecule has 2 heteroatoms. The molecule has 20 heavy (non-hydrogen) atoms. The van der Waals surface area contributed by atoms with Crippen molar-refractivity contribution in [1.29, 1.82) is 0 Å². The Bertz CT molecular complexity index is 543. The number of nitrogens with one attached hydrogen (secondary N) is 1. The van der Waals surface area contributed by atoms with Gasteiger partial charge < -0.3 is 10.1 Å². The van der Waals surface area contributed by atoms with E-state index in [1.165, 1.54) is 10.8 Å². The molecule has 2 aromatic carbocycles. The quantitative estimate of drug-likeness (QED) is 0.848. The van der Waals surface area contributed by atoms with Crippen LogP contribution in [0.5, 0.6) is 5.75 Å². The summed E-state index contributed by atoms with van der Waals surface area (Å²) in [5, 5.41) is 5.88. The Balaban J connectivity index is 2.20. The van der Waals surface area contributed by atoms with E-state index in [1.807, 2.05) is 0 Å². The monoisotopic (exact) mass is 271 g/mol. The molecule has 108 valence electrons. The largest absolute Gasteiger partial charge is 0.488 e. The van der Waals surface area contributed by atoms with E-state index in [2.05, 4.69) is 75.5 Å². The van der Waals surface area contributed by atoms with Gasteiger partial charge in [0.05, 0.1) is 0 Å². The van der Waals surface area contributed by atoms with E-state index in [-0.39, 0.29) is 6.10 Å². The molecule has 0 aliphatic carbocycles. The van der Waals surface area contributed by atoms with Crippen molar-refractivity contribution >= 4 is 10.8 Å². The number of rotatable bonds is 6. The summed E-state index contributed by atoms with van der Waals surface area (Å²) in [5.74, 6) is 1.45. The van der Waals surface area contributed by atoms with Crippen molar-refractivity contribution in [3.05, 3.63) is 42.5 Å². The minimum absolute atomic E-state index is 0.184. The average Bonchev–Trinajstić information content (AvgIpc) is 2.43. The van der Waals surface area contributed by atoms with Crippen molar-refractivity contribution in [2.75, 3.05) is 6.54 Å². The molecule has 2 aromatic rings. The predicted octanol–water partition coefficient (Wildman–Crippen LogP) is 4.24. The standard InChI is InChI=1S/C18H25NO/c1-13(2)18(12-19-14(3)4)20-17-11-7-9-15-8-5-6-10-16(15)17/h5-11,13-14,18-19H,12H2,1-4H3. The first-order chi connectivity index (χ1) is 9.58. The van der Waals surface area contributed by atoms with Gasteiger partial charge in [-0.1, -0.05) is 64.1 Å². The van der Waals surface area contributed by atoms with E-state index >= 15 is 0 Å². The van der Waals surface area contributed by atoms with Crippen LogP contribution in [0.4, 0.5) is 0 Å². The van der Waals surface area contributed by atoms with Crippen molar-refractivity contribution in [3.63, 3.8) is 0 Å². The fourth-order valence-electron chi connectivity index (χ4n) is 2.23. The molecule has 2 nitrogen and oxygen atoms in total. The highest BCUT2D eigenvalue weighted by Gasteiger charge is 2.16. The second-order valence-electron chi connectivity index (χ2n) is 5.94. The van der Waals surface area contributed by atoms with Crippen LogP contribution in [-0.2, 0) is 0 Å². The topological polar surface area (TPSA) is 21.3 Å². The molecule has 0 fully saturated rings. The summed E-state index contributed by atoms with van der Waals surface area (Å²) >= 11 is 0. The summed E-state index contributed by atoms with van der Waals surface area (Å²) in [6, 6.07) is 15.1. The lowest BCUT2D eigenvalue weighted by Gasteiger charge is -2.25. The molecular formula is C18H25NO. The van der Waals surface area contributed by atoms with Crippen LogP contribution in [0.1, 0.15) is 27.7 Å². The Hall–Kier alpha value is -1.54. The molecule has 0 saturated heterocycles. The first kappa shape index (κ1) is 14.9. The third-order valence-electron chi connectivity index (χ3n) is 3.50. The zero-order chi connectivity index (χ0) is 14.5. The normalized spacial score (nSPS) is 13.1. The Kier molecular flexibility index (Phi) is 5.02. The summed E-state index contributed by atoms with van der Waals surface area (Å²) in [6.07, 6.45) is 0.184. The maximum absolute atomic E-state index is 6.28. The SMILES string of the molecule is CC(C)NCC(Oc1cccc2ccccc12)C(C)C. The average molecular weight is 271 g/mol. The summed E-state index contributed by atoms with van der Waals surface area (Å²) < 4.78 is 6.28. The molecule has 0 aromatic heterocycles. The molecule has 0 spiro atoms. The van der Waals surface area contributed by atoms with Crippen molar-refractivity contribution in [2.24, 2.45) is 5.92 Å². The Morgan fingerprint density at radius 2 is 1.65 bits per heavy atom. The molecule has 0 saturated carbocycles. The summed E-state index contributed by atoms with van der Waals surface area (Å²) in [7, 11) is 0. The van der Waals surface area contributed by atoms with E-state index < -0.39 is 0 Å². The number of benzene rings is 2. The van der Waals surface area contributed by atoms with Crippen molar-refractivity contribution in [2.45, 2.75) is 39.8 Å². The number of ether oxygens (including phenoxy) is 1. The van der Waals surface area contributed by atoms with Crippen LogP contribution < -0.4 is 10.1 Å². The van der Waals surface area contributed by atoms with Gasteiger partial charge in [-0.3, -0.25) is 0 Å².